The summed E-state index contributed by atoms with van der Waals surface area (Å²) in [6.07, 6.45) is 0.219. The molecule has 1 saturated heterocycles. The molecule has 0 saturated carbocycles. The van der Waals surface area contributed by atoms with Crippen molar-refractivity contribution in [3.8, 4) is 0 Å². The van der Waals surface area contributed by atoms with Crippen LogP contribution in [0.1, 0.15) is 31.4 Å². The molecule has 6 nitrogen and oxygen atoms in total. The molecule has 0 aliphatic carbocycles. The van der Waals surface area contributed by atoms with E-state index in [4.69, 9.17) is 0 Å². The molecule has 1 aromatic rings. The van der Waals surface area contributed by atoms with Crippen molar-refractivity contribution in [2.45, 2.75) is 33.7 Å². The molecule has 1 fully saturated rings. The Morgan fingerprint density at radius 3 is 2.52 bits per heavy atom. The van der Waals surface area contributed by atoms with Gasteiger partial charge in [0, 0.05) is 32.6 Å². The van der Waals surface area contributed by atoms with E-state index < -0.39 is 0 Å². The maximum absolute atomic E-state index is 12.7. The lowest BCUT2D eigenvalue weighted by Crippen LogP contribution is -2.43. The molecule has 1 N–H and O–H groups in total. The Morgan fingerprint density at radius 1 is 1.24 bits per heavy atom. The molecule has 0 radical (unpaired) electrons. The molecule has 136 valence electrons. The number of carbonyl (C=O) groups is 3. The standard InChI is InChI=1S/C19H27N3O3/c1-4-20-17(23)13-21(5-2)19(25)16-10-18(24)22(12-16)11-15-8-6-14(3)7-9-15/h6-9,16H,4-5,10-13H2,1-3H3,(H,20,23). The largest absolute Gasteiger partial charge is 0.355 e. The first-order valence-electron chi connectivity index (χ1n) is 8.83. The topological polar surface area (TPSA) is 69.7 Å². The highest BCUT2D eigenvalue weighted by atomic mass is 16.2. The van der Waals surface area contributed by atoms with Gasteiger partial charge in [0.05, 0.1) is 12.5 Å². The Bertz CT molecular complexity index is 627. The normalized spacial score (nSPS) is 16.8. The SMILES string of the molecule is CCNC(=O)CN(CC)C(=O)C1CC(=O)N(Cc2ccc(C)cc2)C1. The maximum Gasteiger partial charge on any atom is 0.239 e. The molecular formula is C19H27N3O3. The second-order valence-corrected chi connectivity index (χ2v) is 6.47. The quantitative estimate of drug-likeness (QED) is 0.810. The Hall–Kier alpha value is -2.37. The molecule has 1 aliphatic heterocycles. The number of likely N-dealkylation sites (N-methyl/N-ethyl adjacent to an activating group) is 2. The molecule has 0 aromatic heterocycles. The van der Waals surface area contributed by atoms with Gasteiger partial charge in [0.15, 0.2) is 0 Å². The van der Waals surface area contributed by atoms with Gasteiger partial charge in [-0.3, -0.25) is 14.4 Å². The van der Waals surface area contributed by atoms with Crippen molar-refractivity contribution in [1.29, 1.82) is 0 Å². The highest BCUT2D eigenvalue weighted by Gasteiger charge is 2.36. The minimum atomic E-state index is -0.368. The van der Waals surface area contributed by atoms with Crippen LogP contribution in [0.15, 0.2) is 24.3 Å². The van der Waals surface area contributed by atoms with Crippen LogP contribution in [0.4, 0.5) is 0 Å². The molecule has 1 aliphatic rings. The summed E-state index contributed by atoms with van der Waals surface area (Å²) in [5, 5.41) is 2.70. The molecule has 1 atom stereocenters. The number of aryl methyl sites for hydroxylation is 1. The zero-order chi connectivity index (χ0) is 18.4. The van der Waals surface area contributed by atoms with E-state index in [1.54, 1.807) is 4.90 Å². The third kappa shape index (κ3) is 5.05. The number of nitrogens with zero attached hydrogens (tertiary/aromatic N) is 2. The first-order valence-corrected chi connectivity index (χ1v) is 8.83. The second-order valence-electron chi connectivity index (χ2n) is 6.47. The fourth-order valence-corrected chi connectivity index (χ4v) is 3.03. The van der Waals surface area contributed by atoms with Gasteiger partial charge in [-0.1, -0.05) is 29.8 Å². The van der Waals surface area contributed by atoms with Crippen LogP contribution in [0.25, 0.3) is 0 Å². The molecular weight excluding hydrogens is 318 g/mol. The van der Waals surface area contributed by atoms with E-state index in [-0.39, 0.29) is 36.6 Å². The lowest BCUT2D eigenvalue weighted by Gasteiger charge is -2.23. The first-order chi connectivity index (χ1) is 11.9. The van der Waals surface area contributed by atoms with Gasteiger partial charge in [0.25, 0.3) is 0 Å². The third-order valence-corrected chi connectivity index (χ3v) is 4.46. The van der Waals surface area contributed by atoms with E-state index >= 15 is 0 Å². The fraction of sp³-hybridized carbons (Fsp3) is 0.526. The van der Waals surface area contributed by atoms with Gasteiger partial charge in [0.2, 0.25) is 17.7 Å². The molecule has 6 heteroatoms. The average Bonchev–Trinajstić information content (AvgIpc) is 2.95. The van der Waals surface area contributed by atoms with Gasteiger partial charge in [-0.05, 0) is 26.3 Å². The van der Waals surface area contributed by atoms with E-state index in [2.05, 4.69) is 5.32 Å². The van der Waals surface area contributed by atoms with E-state index in [9.17, 15) is 14.4 Å². The minimum absolute atomic E-state index is 0.00649. The Labute approximate surface area is 149 Å². The predicted octanol–water partition coefficient (Wildman–Crippen LogP) is 1.33. The number of hydrogen-bond donors (Lipinski definition) is 1. The van der Waals surface area contributed by atoms with Gasteiger partial charge >= 0.3 is 0 Å². The van der Waals surface area contributed by atoms with Crippen molar-refractivity contribution in [2.24, 2.45) is 5.92 Å². The summed E-state index contributed by atoms with van der Waals surface area (Å²) in [4.78, 5) is 39.9. The molecule has 1 unspecified atom stereocenters. The Balaban J connectivity index is 1.96. The number of hydrogen-bond acceptors (Lipinski definition) is 3. The van der Waals surface area contributed by atoms with Gasteiger partial charge in [-0.15, -0.1) is 0 Å². The lowest BCUT2D eigenvalue weighted by molar-refractivity contribution is -0.139. The molecule has 1 heterocycles. The van der Waals surface area contributed by atoms with Crippen LogP contribution < -0.4 is 5.32 Å². The van der Waals surface area contributed by atoms with Gasteiger partial charge < -0.3 is 15.1 Å². The number of nitrogens with one attached hydrogen (secondary N) is 1. The number of carbonyl (C=O) groups excluding carboxylic acids is 3. The number of benzene rings is 1. The van der Waals surface area contributed by atoms with Crippen LogP contribution in [0.5, 0.6) is 0 Å². The summed E-state index contributed by atoms with van der Waals surface area (Å²) >= 11 is 0. The first kappa shape index (κ1) is 19.0. The zero-order valence-corrected chi connectivity index (χ0v) is 15.2. The molecule has 3 amide bonds. The molecule has 0 bridgehead atoms. The van der Waals surface area contributed by atoms with Crippen LogP contribution in [0, 0.1) is 12.8 Å². The maximum atomic E-state index is 12.7. The predicted molar refractivity (Wildman–Crippen MR) is 95.6 cm³/mol. The van der Waals surface area contributed by atoms with Crippen molar-refractivity contribution in [3.05, 3.63) is 35.4 Å². The van der Waals surface area contributed by atoms with Crippen molar-refractivity contribution in [1.82, 2.24) is 15.1 Å². The summed E-state index contributed by atoms with van der Waals surface area (Å²) in [6, 6.07) is 8.05. The average molecular weight is 345 g/mol. The number of likely N-dealkylation sites (tertiary alicyclic amines) is 1. The van der Waals surface area contributed by atoms with E-state index in [1.807, 2.05) is 45.0 Å². The number of amides is 3. The van der Waals surface area contributed by atoms with Gasteiger partial charge in [-0.25, -0.2) is 0 Å². The fourth-order valence-electron chi connectivity index (χ4n) is 3.03. The highest BCUT2D eigenvalue weighted by molar-refractivity contribution is 5.91. The third-order valence-electron chi connectivity index (χ3n) is 4.46. The molecule has 0 spiro atoms. The minimum Gasteiger partial charge on any atom is -0.355 e. The lowest BCUT2D eigenvalue weighted by atomic mass is 10.1. The summed E-state index contributed by atoms with van der Waals surface area (Å²) in [5.74, 6) is -0.660. The Morgan fingerprint density at radius 2 is 1.92 bits per heavy atom. The summed E-state index contributed by atoms with van der Waals surface area (Å²) in [5.41, 5.74) is 2.23. The molecule has 2 rings (SSSR count). The van der Waals surface area contributed by atoms with Crippen LogP contribution >= 0.6 is 0 Å². The summed E-state index contributed by atoms with van der Waals surface area (Å²) in [7, 11) is 0. The van der Waals surface area contributed by atoms with E-state index in [0.29, 0.717) is 26.2 Å². The van der Waals surface area contributed by atoms with Crippen molar-refractivity contribution < 1.29 is 14.4 Å². The van der Waals surface area contributed by atoms with Crippen molar-refractivity contribution >= 4 is 17.7 Å². The molecule has 1 aromatic carbocycles. The van der Waals surface area contributed by atoms with Crippen molar-refractivity contribution in [2.75, 3.05) is 26.2 Å². The summed E-state index contributed by atoms with van der Waals surface area (Å²) in [6.45, 7) is 7.68. The van der Waals surface area contributed by atoms with Gasteiger partial charge in [0.1, 0.15) is 0 Å². The highest BCUT2D eigenvalue weighted by Crippen LogP contribution is 2.22. The molecule has 25 heavy (non-hydrogen) atoms. The van der Waals surface area contributed by atoms with Crippen LogP contribution in [-0.2, 0) is 20.9 Å². The monoisotopic (exact) mass is 345 g/mol. The smallest absolute Gasteiger partial charge is 0.239 e. The zero-order valence-electron chi connectivity index (χ0n) is 15.2. The van der Waals surface area contributed by atoms with Crippen LogP contribution in [0.2, 0.25) is 0 Å². The van der Waals surface area contributed by atoms with Crippen molar-refractivity contribution in [3.63, 3.8) is 0 Å². The Kier molecular flexibility index (Phi) is 6.56. The van der Waals surface area contributed by atoms with E-state index in [1.165, 1.54) is 10.5 Å². The number of rotatable bonds is 7. The van der Waals surface area contributed by atoms with Gasteiger partial charge in [-0.2, -0.15) is 0 Å². The van der Waals surface area contributed by atoms with Crippen LogP contribution in [-0.4, -0.2) is 53.7 Å². The van der Waals surface area contributed by atoms with Crippen LogP contribution in [0.3, 0.4) is 0 Å². The summed E-state index contributed by atoms with van der Waals surface area (Å²) < 4.78 is 0. The second kappa shape index (κ2) is 8.65. The van der Waals surface area contributed by atoms with E-state index in [0.717, 1.165) is 5.56 Å².